The molecule has 27 heavy (non-hydrogen) atoms. The predicted octanol–water partition coefficient (Wildman–Crippen LogP) is 3.06. The molecule has 0 unspecified atom stereocenters. The highest BCUT2D eigenvalue weighted by molar-refractivity contribution is 7.89. The van der Waals surface area contributed by atoms with Crippen molar-refractivity contribution < 1.29 is 8.42 Å². The van der Waals surface area contributed by atoms with E-state index in [9.17, 15) is 8.42 Å². The second kappa shape index (κ2) is 7.10. The highest BCUT2D eigenvalue weighted by Gasteiger charge is 2.28. The number of benzene rings is 1. The van der Waals surface area contributed by atoms with Crippen molar-refractivity contribution in [3.8, 4) is 11.3 Å². The minimum Gasteiger partial charge on any atom is -0.366 e. The van der Waals surface area contributed by atoms with Crippen LogP contribution in [0.15, 0.2) is 42.6 Å². The molecule has 0 amide bonds. The van der Waals surface area contributed by atoms with Crippen LogP contribution in [0.5, 0.6) is 0 Å². The summed E-state index contributed by atoms with van der Waals surface area (Å²) >= 11 is 6.10. The number of nitrogens with zero attached hydrogens (tertiary/aromatic N) is 3. The first-order chi connectivity index (χ1) is 12.9. The van der Waals surface area contributed by atoms with Gasteiger partial charge < -0.3 is 5.32 Å². The van der Waals surface area contributed by atoms with Gasteiger partial charge in [0, 0.05) is 16.6 Å². The SMILES string of the molecule is NS(=O)(=O)C1CCC(Nc2ccc3ncc(-c4cccc(Cl)c4)n3n2)CC1. The van der Waals surface area contributed by atoms with E-state index in [0.717, 1.165) is 35.6 Å². The summed E-state index contributed by atoms with van der Waals surface area (Å²) in [5, 5.41) is 13.5. The van der Waals surface area contributed by atoms with Crippen LogP contribution in [0.4, 0.5) is 5.82 Å². The number of primary sulfonamides is 1. The first-order valence-corrected chi connectivity index (χ1v) is 10.8. The molecule has 1 aliphatic carbocycles. The molecule has 142 valence electrons. The van der Waals surface area contributed by atoms with Crippen LogP contribution in [0, 0.1) is 0 Å². The van der Waals surface area contributed by atoms with Crippen LogP contribution in [0.25, 0.3) is 16.9 Å². The van der Waals surface area contributed by atoms with Crippen LogP contribution < -0.4 is 10.5 Å². The summed E-state index contributed by atoms with van der Waals surface area (Å²) in [5.41, 5.74) is 2.54. The van der Waals surface area contributed by atoms with Crippen molar-refractivity contribution in [2.24, 2.45) is 5.14 Å². The Kier molecular flexibility index (Phi) is 4.79. The second-order valence-corrected chi connectivity index (χ2v) is 9.13. The van der Waals surface area contributed by atoms with Crippen molar-refractivity contribution in [2.75, 3.05) is 5.32 Å². The maximum absolute atomic E-state index is 11.5. The molecule has 3 aromatic rings. The quantitative estimate of drug-likeness (QED) is 0.694. The lowest BCUT2D eigenvalue weighted by atomic mass is 9.95. The molecule has 0 aliphatic heterocycles. The molecular weight excluding hydrogens is 386 g/mol. The van der Waals surface area contributed by atoms with E-state index in [1.54, 1.807) is 10.7 Å². The van der Waals surface area contributed by atoms with E-state index in [1.165, 1.54) is 0 Å². The lowest BCUT2D eigenvalue weighted by Gasteiger charge is -2.28. The number of halogens is 1. The molecule has 2 heterocycles. The number of hydrogen-bond donors (Lipinski definition) is 2. The van der Waals surface area contributed by atoms with Crippen LogP contribution >= 0.6 is 11.6 Å². The lowest BCUT2D eigenvalue weighted by Crippen LogP contribution is -2.36. The van der Waals surface area contributed by atoms with Crippen molar-refractivity contribution in [2.45, 2.75) is 37.0 Å². The second-order valence-electron chi connectivity index (χ2n) is 6.85. The summed E-state index contributed by atoms with van der Waals surface area (Å²) in [4.78, 5) is 4.40. The summed E-state index contributed by atoms with van der Waals surface area (Å²) in [5.74, 6) is 0.725. The molecule has 0 saturated heterocycles. The van der Waals surface area contributed by atoms with Crippen LogP contribution in [0.3, 0.4) is 0 Å². The molecule has 0 atom stereocenters. The van der Waals surface area contributed by atoms with Gasteiger partial charge in [-0.15, -0.1) is 5.10 Å². The number of aromatic nitrogens is 3. The number of fused-ring (bicyclic) bond motifs is 1. The molecule has 4 rings (SSSR count). The zero-order valence-electron chi connectivity index (χ0n) is 14.5. The van der Waals surface area contributed by atoms with Gasteiger partial charge in [0.05, 0.1) is 17.1 Å². The summed E-state index contributed by atoms with van der Waals surface area (Å²) in [6, 6.07) is 11.5. The Hall–Kier alpha value is -2.16. The van der Waals surface area contributed by atoms with E-state index < -0.39 is 15.3 Å². The van der Waals surface area contributed by atoms with Gasteiger partial charge in [-0.3, -0.25) is 0 Å². The molecule has 3 N–H and O–H groups in total. The Morgan fingerprint density at radius 2 is 1.93 bits per heavy atom. The molecular formula is C18H20ClN5O2S. The Morgan fingerprint density at radius 3 is 2.63 bits per heavy atom. The number of sulfonamides is 1. The van der Waals surface area contributed by atoms with Crippen LogP contribution in [-0.2, 0) is 10.0 Å². The molecule has 7 nitrogen and oxygen atoms in total. The third-order valence-corrected chi connectivity index (χ3v) is 6.61. The molecule has 9 heteroatoms. The number of hydrogen-bond acceptors (Lipinski definition) is 5. The van der Waals surface area contributed by atoms with Crippen molar-refractivity contribution in [1.82, 2.24) is 14.6 Å². The maximum atomic E-state index is 11.5. The molecule has 0 bridgehead atoms. The Bertz CT molecular complexity index is 1070. The predicted molar refractivity (Wildman–Crippen MR) is 106 cm³/mol. The molecule has 2 aromatic heterocycles. The summed E-state index contributed by atoms with van der Waals surface area (Å²) in [6.45, 7) is 0. The van der Waals surface area contributed by atoms with Gasteiger partial charge >= 0.3 is 0 Å². The van der Waals surface area contributed by atoms with Gasteiger partial charge in [-0.1, -0.05) is 23.7 Å². The van der Waals surface area contributed by atoms with Crippen LogP contribution in [-0.4, -0.2) is 34.3 Å². The van der Waals surface area contributed by atoms with E-state index in [0.29, 0.717) is 17.9 Å². The lowest BCUT2D eigenvalue weighted by molar-refractivity contribution is 0.451. The molecule has 1 aliphatic rings. The van der Waals surface area contributed by atoms with Crippen molar-refractivity contribution in [1.29, 1.82) is 0 Å². The minimum atomic E-state index is -3.45. The molecule has 1 saturated carbocycles. The van der Waals surface area contributed by atoms with Crippen molar-refractivity contribution >= 4 is 33.1 Å². The van der Waals surface area contributed by atoms with Gasteiger partial charge in [0.1, 0.15) is 5.82 Å². The average Bonchev–Trinajstić information content (AvgIpc) is 3.05. The summed E-state index contributed by atoms with van der Waals surface area (Å²) in [6.07, 6.45) is 4.39. The zero-order chi connectivity index (χ0) is 19.0. The third-order valence-electron chi connectivity index (χ3n) is 4.97. The normalized spacial score (nSPS) is 20.7. The van der Waals surface area contributed by atoms with Crippen LogP contribution in [0.2, 0.25) is 5.02 Å². The first kappa shape index (κ1) is 18.2. The fraction of sp³-hybridized carbons (Fsp3) is 0.333. The van der Waals surface area contributed by atoms with E-state index >= 15 is 0 Å². The first-order valence-electron chi connectivity index (χ1n) is 8.79. The number of nitrogens with one attached hydrogen (secondary N) is 1. The van der Waals surface area contributed by atoms with E-state index in [-0.39, 0.29) is 6.04 Å². The fourth-order valence-electron chi connectivity index (χ4n) is 3.54. The van der Waals surface area contributed by atoms with Crippen LogP contribution in [0.1, 0.15) is 25.7 Å². The van der Waals surface area contributed by atoms with Gasteiger partial charge in [-0.2, -0.15) is 0 Å². The van der Waals surface area contributed by atoms with E-state index in [4.69, 9.17) is 16.7 Å². The number of anilines is 1. The zero-order valence-corrected chi connectivity index (χ0v) is 16.1. The Labute approximate surface area is 162 Å². The smallest absolute Gasteiger partial charge is 0.211 e. The molecule has 0 spiro atoms. The van der Waals surface area contributed by atoms with Gasteiger partial charge in [-0.05, 0) is 49.9 Å². The number of nitrogens with two attached hydrogens (primary N) is 1. The topological polar surface area (TPSA) is 102 Å². The van der Waals surface area contributed by atoms with E-state index in [1.807, 2.05) is 36.4 Å². The number of imidazole rings is 1. The maximum Gasteiger partial charge on any atom is 0.211 e. The monoisotopic (exact) mass is 405 g/mol. The van der Waals surface area contributed by atoms with Crippen molar-refractivity contribution in [3.05, 3.63) is 47.6 Å². The fourth-order valence-corrected chi connectivity index (χ4v) is 4.66. The number of rotatable bonds is 4. The largest absolute Gasteiger partial charge is 0.366 e. The molecule has 1 aromatic carbocycles. The highest BCUT2D eigenvalue weighted by atomic mass is 35.5. The van der Waals surface area contributed by atoms with Gasteiger partial charge in [0.15, 0.2) is 5.65 Å². The average molecular weight is 406 g/mol. The van der Waals surface area contributed by atoms with E-state index in [2.05, 4.69) is 15.4 Å². The standard InChI is InChI=1S/C18H20ClN5O2S/c19-13-3-1-2-12(10-13)16-11-21-18-9-8-17(23-24(16)18)22-14-4-6-15(7-5-14)27(20,25)26/h1-3,8-11,14-15H,4-7H2,(H,22,23)(H2,20,25,26). The minimum absolute atomic E-state index is 0.172. The third kappa shape index (κ3) is 3.92. The Morgan fingerprint density at radius 1 is 1.15 bits per heavy atom. The summed E-state index contributed by atoms with van der Waals surface area (Å²) in [7, 11) is -3.45. The van der Waals surface area contributed by atoms with Gasteiger partial charge in [0.2, 0.25) is 10.0 Å². The Balaban J connectivity index is 1.55. The highest BCUT2D eigenvalue weighted by Crippen LogP contribution is 2.26. The molecule has 0 radical (unpaired) electrons. The summed E-state index contributed by atoms with van der Waals surface area (Å²) < 4.78 is 24.8. The van der Waals surface area contributed by atoms with Crippen molar-refractivity contribution in [3.63, 3.8) is 0 Å². The van der Waals surface area contributed by atoms with Gasteiger partial charge in [-0.25, -0.2) is 23.1 Å². The molecule has 1 fully saturated rings. The van der Waals surface area contributed by atoms with Gasteiger partial charge in [0.25, 0.3) is 0 Å².